The molecular formula is C14H16BrN5O2S. The van der Waals surface area contributed by atoms with E-state index < -0.39 is 0 Å². The van der Waals surface area contributed by atoms with Crippen LogP contribution in [-0.4, -0.2) is 40.5 Å². The number of aromatic nitrogens is 2. The van der Waals surface area contributed by atoms with E-state index in [1.165, 1.54) is 11.5 Å². The van der Waals surface area contributed by atoms with Crippen LogP contribution in [0, 0.1) is 17.0 Å². The number of halogens is 1. The molecule has 1 fully saturated rings. The summed E-state index contributed by atoms with van der Waals surface area (Å²) < 4.78 is 5.07. The topological polar surface area (TPSA) is 75.4 Å². The molecule has 1 saturated heterocycles. The van der Waals surface area contributed by atoms with E-state index >= 15 is 0 Å². The number of nitro groups is 1. The van der Waals surface area contributed by atoms with Gasteiger partial charge in [-0.3, -0.25) is 10.1 Å². The largest absolute Gasteiger partial charge is 0.364 e. The standard InChI is InChI=1S/C14H16BrN5O2S/c1-10-16-14(23-17-10)19-6-2-5-18(7-8-19)13-9-11(15)3-4-12(13)20(21)22/h3-4,9H,2,5-8H2,1H3. The molecule has 0 radical (unpaired) electrons. The lowest BCUT2D eigenvalue weighted by molar-refractivity contribution is -0.384. The summed E-state index contributed by atoms with van der Waals surface area (Å²) in [5.74, 6) is 0.786. The van der Waals surface area contributed by atoms with Gasteiger partial charge in [-0.15, -0.1) is 0 Å². The fourth-order valence-electron chi connectivity index (χ4n) is 2.67. The predicted molar refractivity (Wildman–Crippen MR) is 94.5 cm³/mol. The van der Waals surface area contributed by atoms with Crippen molar-refractivity contribution in [2.75, 3.05) is 36.0 Å². The van der Waals surface area contributed by atoms with E-state index in [0.717, 1.165) is 48.0 Å². The second-order valence-electron chi connectivity index (χ2n) is 5.34. The van der Waals surface area contributed by atoms with E-state index in [2.05, 4.69) is 35.1 Å². The number of benzene rings is 1. The molecule has 2 heterocycles. The minimum Gasteiger partial charge on any atom is -0.364 e. The summed E-state index contributed by atoms with van der Waals surface area (Å²) in [6, 6.07) is 5.08. The maximum Gasteiger partial charge on any atom is 0.292 e. The lowest BCUT2D eigenvalue weighted by Crippen LogP contribution is -2.31. The van der Waals surface area contributed by atoms with E-state index in [4.69, 9.17) is 0 Å². The second-order valence-corrected chi connectivity index (χ2v) is 6.99. The molecule has 0 aliphatic carbocycles. The first-order valence-electron chi connectivity index (χ1n) is 7.29. The van der Waals surface area contributed by atoms with E-state index in [0.29, 0.717) is 5.69 Å². The maximum atomic E-state index is 11.3. The first-order valence-corrected chi connectivity index (χ1v) is 8.85. The van der Waals surface area contributed by atoms with Crippen molar-refractivity contribution >= 4 is 44.0 Å². The molecule has 122 valence electrons. The van der Waals surface area contributed by atoms with Gasteiger partial charge in [0.1, 0.15) is 11.5 Å². The Morgan fingerprint density at radius 2 is 2.00 bits per heavy atom. The minimum atomic E-state index is -0.321. The Hall–Kier alpha value is -1.74. The molecule has 0 N–H and O–H groups in total. The second kappa shape index (κ2) is 6.79. The first kappa shape index (κ1) is 16.1. The Morgan fingerprint density at radius 1 is 1.26 bits per heavy atom. The SMILES string of the molecule is Cc1nsc(N2CCCN(c3cc(Br)ccc3[N+](=O)[O-])CC2)n1. The quantitative estimate of drug-likeness (QED) is 0.584. The van der Waals surface area contributed by atoms with Gasteiger partial charge >= 0.3 is 0 Å². The van der Waals surface area contributed by atoms with Crippen LogP contribution < -0.4 is 9.80 Å². The minimum absolute atomic E-state index is 0.147. The predicted octanol–water partition coefficient (Wildman–Crippen LogP) is 3.23. The van der Waals surface area contributed by atoms with Crippen molar-refractivity contribution in [2.45, 2.75) is 13.3 Å². The lowest BCUT2D eigenvalue weighted by atomic mass is 10.2. The van der Waals surface area contributed by atoms with Crippen LogP contribution in [0.5, 0.6) is 0 Å². The van der Waals surface area contributed by atoms with E-state index in [1.807, 2.05) is 13.0 Å². The molecule has 0 atom stereocenters. The van der Waals surface area contributed by atoms with Crippen molar-refractivity contribution in [3.05, 3.63) is 38.6 Å². The average Bonchev–Trinajstić information content (AvgIpc) is 2.81. The molecule has 7 nitrogen and oxygen atoms in total. The highest BCUT2D eigenvalue weighted by molar-refractivity contribution is 9.10. The zero-order chi connectivity index (χ0) is 16.4. The number of aryl methyl sites for hydroxylation is 1. The van der Waals surface area contributed by atoms with Crippen molar-refractivity contribution in [1.82, 2.24) is 9.36 Å². The third-order valence-electron chi connectivity index (χ3n) is 3.76. The highest BCUT2D eigenvalue weighted by Crippen LogP contribution is 2.32. The summed E-state index contributed by atoms with van der Waals surface area (Å²) in [6.45, 7) is 5.04. The van der Waals surface area contributed by atoms with Crippen molar-refractivity contribution in [1.29, 1.82) is 0 Å². The monoisotopic (exact) mass is 397 g/mol. The normalized spacial score (nSPS) is 15.6. The Morgan fingerprint density at radius 3 is 2.70 bits per heavy atom. The number of hydrogen-bond donors (Lipinski definition) is 0. The summed E-state index contributed by atoms with van der Waals surface area (Å²) in [5.41, 5.74) is 0.813. The van der Waals surface area contributed by atoms with Crippen LogP contribution in [0.3, 0.4) is 0 Å². The molecule has 9 heteroatoms. The summed E-state index contributed by atoms with van der Waals surface area (Å²) in [6.07, 6.45) is 0.919. The smallest absolute Gasteiger partial charge is 0.292 e. The van der Waals surface area contributed by atoms with Crippen LogP contribution in [0.1, 0.15) is 12.2 Å². The van der Waals surface area contributed by atoms with Crippen molar-refractivity contribution < 1.29 is 4.92 Å². The van der Waals surface area contributed by atoms with E-state index in [-0.39, 0.29) is 10.6 Å². The summed E-state index contributed by atoms with van der Waals surface area (Å²) in [4.78, 5) is 19.7. The molecule has 0 unspecified atom stereocenters. The highest BCUT2D eigenvalue weighted by atomic mass is 79.9. The maximum absolute atomic E-state index is 11.3. The Labute approximate surface area is 146 Å². The molecule has 0 saturated carbocycles. The fourth-order valence-corrected chi connectivity index (χ4v) is 3.74. The fraction of sp³-hybridized carbons (Fsp3) is 0.429. The molecule has 23 heavy (non-hydrogen) atoms. The van der Waals surface area contributed by atoms with Gasteiger partial charge in [0.15, 0.2) is 0 Å². The summed E-state index contributed by atoms with van der Waals surface area (Å²) in [7, 11) is 0. The summed E-state index contributed by atoms with van der Waals surface area (Å²) in [5, 5.41) is 12.2. The molecule has 1 aromatic carbocycles. The molecule has 0 bridgehead atoms. The Balaban J connectivity index is 1.80. The van der Waals surface area contributed by atoms with Gasteiger partial charge in [0.05, 0.1) is 4.92 Å². The molecule has 0 amide bonds. The summed E-state index contributed by atoms with van der Waals surface area (Å²) >= 11 is 4.81. The first-order chi connectivity index (χ1) is 11.0. The number of nitro benzene ring substituents is 1. The number of hydrogen-bond acceptors (Lipinski definition) is 7. The van der Waals surface area contributed by atoms with Gasteiger partial charge < -0.3 is 9.80 Å². The Kier molecular flexibility index (Phi) is 4.76. The highest BCUT2D eigenvalue weighted by Gasteiger charge is 2.23. The van der Waals surface area contributed by atoms with Gasteiger partial charge in [-0.05, 0) is 25.5 Å². The van der Waals surface area contributed by atoms with Gasteiger partial charge in [-0.1, -0.05) is 15.9 Å². The van der Waals surface area contributed by atoms with Crippen molar-refractivity contribution in [3.63, 3.8) is 0 Å². The van der Waals surface area contributed by atoms with E-state index in [9.17, 15) is 10.1 Å². The third kappa shape index (κ3) is 3.61. The van der Waals surface area contributed by atoms with Crippen LogP contribution in [-0.2, 0) is 0 Å². The van der Waals surface area contributed by atoms with Gasteiger partial charge in [-0.25, -0.2) is 4.98 Å². The number of nitrogens with zero attached hydrogens (tertiary/aromatic N) is 5. The Bertz CT molecular complexity index is 723. The molecule has 3 rings (SSSR count). The van der Waals surface area contributed by atoms with Crippen LogP contribution in [0.4, 0.5) is 16.5 Å². The lowest BCUT2D eigenvalue weighted by Gasteiger charge is -2.23. The van der Waals surface area contributed by atoms with Crippen molar-refractivity contribution in [2.24, 2.45) is 0 Å². The van der Waals surface area contributed by atoms with Crippen molar-refractivity contribution in [3.8, 4) is 0 Å². The van der Waals surface area contributed by atoms with Gasteiger partial charge in [0.25, 0.3) is 5.69 Å². The molecule has 0 spiro atoms. The molecule has 1 aliphatic rings. The van der Waals surface area contributed by atoms with Crippen LogP contribution in [0.25, 0.3) is 0 Å². The van der Waals surface area contributed by atoms with Crippen LogP contribution in [0.2, 0.25) is 0 Å². The number of rotatable bonds is 3. The molecule has 2 aromatic rings. The average molecular weight is 398 g/mol. The third-order valence-corrected chi connectivity index (χ3v) is 5.12. The molecular weight excluding hydrogens is 382 g/mol. The molecule has 1 aliphatic heterocycles. The number of anilines is 2. The van der Waals surface area contributed by atoms with Gasteiger partial charge in [-0.2, -0.15) is 4.37 Å². The molecule has 1 aromatic heterocycles. The van der Waals surface area contributed by atoms with Gasteiger partial charge in [0.2, 0.25) is 5.13 Å². The van der Waals surface area contributed by atoms with Crippen LogP contribution in [0.15, 0.2) is 22.7 Å². The van der Waals surface area contributed by atoms with Gasteiger partial charge in [0, 0.05) is 48.3 Å². The van der Waals surface area contributed by atoms with E-state index in [1.54, 1.807) is 12.1 Å². The zero-order valence-corrected chi connectivity index (χ0v) is 15.0. The zero-order valence-electron chi connectivity index (χ0n) is 12.6. The van der Waals surface area contributed by atoms with Crippen LogP contribution >= 0.6 is 27.5 Å².